The van der Waals surface area contributed by atoms with Gasteiger partial charge in [-0.2, -0.15) is 13.2 Å². The van der Waals surface area contributed by atoms with Crippen LogP contribution in [-0.4, -0.2) is 28.7 Å². The fourth-order valence-corrected chi connectivity index (χ4v) is 2.95. The molecule has 23 heavy (non-hydrogen) atoms. The predicted octanol–water partition coefficient (Wildman–Crippen LogP) is 4.89. The van der Waals surface area contributed by atoms with E-state index in [4.69, 9.17) is 0 Å². The Kier molecular flexibility index (Phi) is 4.46. The van der Waals surface area contributed by atoms with E-state index >= 15 is 0 Å². The smallest absolute Gasteiger partial charge is 0.416 e. The van der Waals surface area contributed by atoms with Crippen LogP contribution in [0.3, 0.4) is 0 Å². The minimum absolute atomic E-state index is 0.0960. The summed E-state index contributed by atoms with van der Waals surface area (Å²) < 4.78 is 39.6. The van der Waals surface area contributed by atoms with Crippen LogP contribution in [0.15, 0.2) is 30.3 Å². The van der Waals surface area contributed by atoms with Crippen LogP contribution in [-0.2, 0) is 6.18 Å². The van der Waals surface area contributed by atoms with Gasteiger partial charge < -0.3 is 10.0 Å². The van der Waals surface area contributed by atoms with Crippen LogP contribution in [0, 0.1) is 5.41 Å². The van der Waals surface area contributed by atoms with Crippen LogP contribution in [0.4, 0.5) is 18.0 Å². The molecule has 0 saturated carbocycles. The summed E-state index contributed by atoms with van der Waals surface area (Å²) in [5.74, 6) is 0. The van der Waals surface area contributed by atoms with Crippen molar-refractivity contribution in [3.63, 3.8) is 0 Å². The normalized spacial score (nSPS) is 19.5. The van der Waals surface area contributed by atoms with Gasteiger partial charge in [0, 0.05) is 12.6 Å². The largest absolute Gasteiger partial charge is 0.465 e. The second-order valence-corrected chi connectivity index (χ2v) is 6.79. The Balaban J connectivity index is 2.45. The Morgan fingerprint density at radius 1 is 1.22 bits per heavy atom. The number of alkyl halides is 3. The molecule has 1 heterocycles. The van der Waals surface area contributed by atoms with Gasteiger partial charge in [0.25, 0.3) is 0 Å². The number of nitrogens with zero attached hydrogens (tertiary/aromatic N) is 1. The molecular weight excluding hydrogens is 307 g/mol. The monoisotopic (exact) mass is 327 g/mol. The van der Waals surface area contributed by atoms with Crippen molar-refractivity contribution in [3.05, 3.63) is 41.5 Å². The molecule has 0 aromatic heterocycles. The van der Waals surface area contributed by atoms with Crippen molar-refractivity contribution in [2.45, 2.75) is 39.4 Å². The third-order valence-electron chi connectivity index (χ3n) is 4.15. The lowest BCUT2D eigenvalue weighted by Gasteiger charge is -2.41. The molecule has 0 spiro atoms. The highest BCUT2D eigenvalue weighted by Gasteiger charge is 2.39. The highest BCUT2D eigenvalue weighted by atomic mass is 19.4. The molecule has 1 aliphatic rings. The third kappa shape index (κ3) is 3.68. The molecule has 0 fully saturated rings. The molecule has 1 aliphatic heterocycles. The number of carbonyl (C=O) groups is 1. The first-order chi connectivity index (χ1) is 10.5. The first kappa shape index (κ1) is 17.4. The van der Waals surface area contributed by atoms with Gasteiger partial charge in [-0.15, -0.1) is 0 Å². The summed E-state index contributed by atoms with van der Waals surface area (Å²) in [6, 6.07) is 5.07. The molecule has 0 saturated heterocycles. The summed E-state index contributed by atoms with van der Waals surface area (Å²) in [5, 5.41) is 9.33. The van der Waals surface area contributed by atoms with Crippen LogP contribution < -0.4 is 0 Å². The number of amides is 1. The van der Waals surface area contributed by atoms with E-state index in [0.29, 0.717) is 5.57 Å². The molecule has 0 bridgehead atoms. The van der Waals surface area contributed by atoms with Gasteiger partial charge in [-0.05, 0) is 29.0 Å². The van der Waals surface area contributed by atoms with E-state index in [-0.39, 0.29) is 30.0 Å². The lowest BCUT2D eigenvalue weighted by atomic mass is 9.78. The van der Waals surface area contributed by atoms with Gasteiger partial charge in [0.05, 0.1) is 5.56 Å². The SMILES string of the molecule is CC(C)(C)C1CC(c2ccccc2C(F)(F)F)=CCN1C(=O)O. The van der Waals surface area contributed by atoms with Crippen LogP contribution >= 0.6 is 0 Å². The zero-order valence-electron chi connectivity index (χ0n) is 13.3. The maximum Gasteiger partial charge on any atom is 0.416 e. The van der Waals surface area contributed by atoms with Gasteiger partial charge in [-0.3, -0.25) is 0 Å². The highest BCUT2D eigenvalue weighted by molar-refractivity contribution is 5.74. The number of hydrogen-bond donors (Lipinski definition) is 1. The molecule has 6 heteroatoms. The van der Waals surface area contributed by atoms with E-state index in [2.05, 4.69) is 0 Å². The van der Waals surface area contributed by atoms with E-state index < -0.39 is 17.8 Å². The molecule has 126 valence electrons. The lowest BCUT2D eigenvalue weighted by molar-refractivity contribution is -0.137. The Morgan fingerprint density at radius 2 is 1.83 bits per heavy atom. The minimum atomic E-state index is -4.43. The maximum absolute atomic E-state index is 13.2. The second kappa shape index (κ2) is 5.91. The number of rotatable bonds is 1. The summed E-state index contributed by atoms with van der Waals surface area (Å²) in [7, 11) is 0. The van der Waals surface area contributed by atoms with Crippen molar-refractivity contribution >= 4 is 11.7 Å². The molecule has 1 amide bonds. The van der Waals surface area contributed by atoms with Crippen LogP contribution in [0.5, 0.6) is 0 Å². The number of benzene rings is 1. The first-order valence-corrected chi connectivity index (χ1v) is 7.37. The van der Waals surface area contributed by atoms with Gasteiger partial charge in [0.1, 0.15) is 0 Å². The maximum atomic E-state index is 13.2. The van der Waals surface area contributed by atoms with Crippen molar-refractivity contribution in [2.75, 3.05) is 6.54 Å². The van der Waals surface area contributed by atoms with Crippen molar-refractivity contribution in [1.29, 1.82) is 0 Å². The predicted molar refractivity (Wildman–Crippen MR) is 82.0 cm³/mol. The Morgan fingerprint density at radius 3 is 2.35 bits per heavy atom. The third-order valence-corrected chi connectivity index (χ3v) is 4.15. The lowest BCUT2D eigenvalue weighted by Crippen LogP contribution is -2.48. The number of halogens is 3. The van der Waals surface area contributed by atoms with Gasteiger partial charge in [-0.25, -0.2) is 4.79 Å². The van der Waals surface area contributed by atoms with Crippen molar-refractivity contribution in [3.8, 4) is 0 Å². The standard InChI is InChI=1S/C17H20F3NO2/c1-16(2,3)14-10-11(8-9-21(14)15(22)23)12-6-4-5-7-13(12)17(18,19)20/h4-8,14H,9-10H2,1-3H3,(H,22,23). The van der Waals surface area contributed by atoms with E-state index in [1.807, 2.05) is 20.8 Å². The van der Waals surface area contributed by atoms with E-state index in [1.165, 1.54) is 17.0 Å². The summed E-state index contributed by atoms with van der Waals surface area (Å²) in [5.41, 5.74) is -0.359. The van der Waals surface area contributed by atoms with Crippen LogP contribution in [0.25, 0.3) is 5.57 Å². The van der Waals surface area contributed by atoms with Crippen molar-refractivity contribution in [1.82, 2.24) is 4.90 Å². The zero-order valence-corrected chi connectivity index (χ0v) is 13.3. The second-order valence-electron chi connectivity index (χ2n) is 6.79. The Hall–Kier alpha value is -1.98. The van der Waals surface area contributed by atoms with E-state index in [0.717, 1.165) is 6.07 Å². The zero-order chi connectivity index (χ0) is 17.4. The van der Waals surface area contributed by atoms with Gasteiger partial charge in [-0.1, -0.05) is 45.0 Å². The van der Waals surface area contributed by atoms with Crippen LogP contribution in [0.1, 0.15) is 38.3 Å². The molecule has 2 rings (SSSR count). The molecular formula is C17H20F3NO2. The van der Waals surface area contributed by atoms with Crippen LogP contribution in [0.2, 0.25) is 0 Å². The Labute approximate surface area is 133 Å². The summed E-state index contributed by atoms with van der Waals surface area (Å²) in [6.07, 6.45) is -3.63. The molecule has 0 radical (unpaired) electrons. The molecule has 1 unspecified atom stereocenters. The Bertz CT molecular complexity index is 629. The topological polar surface area (TPSA) is 40.5 Å². The average Bonchev–Trinajstić information content (AvgIpc) is 2.44. The van der Waals surface area contributed by atoms with E-state index in [1.54, 1.807) is 12.1 Å². The fourth-order valence-electron chi connectivity index (χ4n) is 2.95. The highest BCUT2D eigenvalue weighted by Crippen LogP contribution is 2.40. The number of carboxylic acid groups (broad SMARTS) is 1. The number of hydrogen-bond acceptors (Lipinski definition) is 1. The van der Waals surface area contributed by atoms with Gasteiger partial charge in [0.15, 0.2) is 0 Å². The average molecular weight is 327 g/mol. The first-order valence-electron chi connectivity index (χ1n) is 7.37. The van der Waals surface area contributed by atoms with Crippen molar-refractivity contribution < 1.29 is 23.1 Å². The molecule has 1 aromatic carbocycles. The molecule has 1 atom stereocenters. The molecule has 1 aromatic rings. The summed E-state index contributed by atoms with van der Waals surface area (Å²) in [4.78, 5) is 12.7. The minimum Gasteiger partial charge on any atom is -0.465 e. The quantitative estimate of drug-likeness (QED) is 0.798. The van der Waals surface area contributed by atoms with Gasteiger partial charge >= 0.3 is 12.3 Å². The molecule has 3 nitrogen and oxygen atoms in total. The molecule has 1 N–H and O–H groups in total. The van der Waals surface area contributed by atoms with Gasteiger partial charge in [0.2, 0.25) is 0 Å². The van der Waals surface area contributed by atoms with Crippen molar-refractivity contribution in [2.24, 2.45) is 5.41 Å². The molecule has 0 aliphatic carbocycles. The summed E-state index contributed by atoms with van der Waals surface area (Å²) in [6.45, 7) is 5.78. The fraction of sp³-hybridized carbons (Fsp3) is 0.471. The van der Waals surface area contributed by atoms with E-state index in [9.17, 15) is 23.1 Å². The summed E-state index contributed by atoms with van der Waals surface area (Å²) >= 11 is 0.